The van der Waals surface area contributed by atoms with Crippen molar-refractivity contribution in [1.82, 2.24) is 14.9 Å². The van der Waals surface area contributed by atoms with Gasteiger partial charge in [0.15, 0.2) is 0 Å². The van der Waals surface area contributed by atoms with Gasteiger partial charge < -0.3 is 9.64 Å². The summed E-state index contributed by atoms with van der Waals surface area (Å²) in [5, 5.41) is 7.40. The van der Waals surface area contributed by atoms with E-state index >= 15 is 0 Å². The minimum Gasteiger partial charge on any atom is -0.466 e. The SMILES string of the molecule is CCCN1CCC2(CC1)Oc1ccc(Br)cc1C1CC(c3ccncc3)=NN12. The number of halogens is 1. The first-order valence-electron chi connectivity index (χ1n) is 10.2. The van der Waals surface area contributed by atoms with Crippen molar-refractivity contribution in [2.24, 2.45) is 5.10 Å². The Labute approximate surface area is 174 Å². The molecular formula is C22H25BrN4O. The van der Waals surface area contributed by atoms with E-state index in [1.165, 1.54) is 12.0 Å². The number of pyridine rings is 1. The molecule has 1 unspecified atom stereocenters. The van der Waals surface area contributed by atoms with E-state index in [4.69, 9.17) is 9.84 Å². The van der Waals surface area contributed by atoms with Crippen LogP contribution in [0.2, 0.25) is 0 Å². The zero-order valence-corrected chi connectivity index (χ0v) is 17.7. The standard InChI is InChI=1S/C22H25BrN4O/c1-2-11-26-12-7-22(8-13-26)27-20(18-14-17(23)3-4-21(18)28-22)15-19(25-27)16-5-9-24-10-6-16/h3-6,9-10,14,20H,2,7-8,11-13,15H2,1H3. The number of rotatable bonds is 3. The molecule has 5 nitrogen and oxygen atoms in total. The lowest BCUT2D eigenvalue weighted by Crippen LogP contribution is -2.59. The maximum absolute atomic E-state index is 6.70. The first-order valence-corrected chi connectivity index (χ1v) is 11.0. The summed E-state index contributed by atoms with van der Waals surface area (Å²) in [7, 11) is 0. The molecule has 146 valence electrons. The fourth-order valence-corrected chi connectivity index (χ4v) is 5.12. The minimum atomic E-state index is -0.343. The molecule has 1 saturated heterocycles. The Balaban J connectivity index is 1.53. The molecule has 28 heavy (non-hydrogen) atoms. The van der Waals surface area contributed by atoms with Gasteiger partial charge in [-0.2, -0.15) is 5.10 Å². The van der Waals surface area contributed by atoms with Crippen LogP contribution in [0.4, 0.5) is 0 Å². The van der Waals surface area contributed by atoms with Gasteiger partial charge in [0.2, 0.25) is 5.72 Å². The Kier molecular flexibility index (Phi) is 4.63. The van der Waals surface area contributed by atoms with Crippen molar-refractivity contribution in [3.8, 4) is 5.75 Å². The summed E-state index contributed by atoms with van der Waals surface area (Å²) in [5.41, 5.74) is 3.16. The molecule has 0 amide bonds. The average Bonchev–Trinajstić information content (AvgIpc) is 3.18. The van der Waals surface area contributed by atoms with Gasteiger partial charge in [0.05, 0.1) is 11.8 Å². The van der Waals surface area contributed by atoms with Crippen LogP contribution in [-0.4, -0.2) is 46.0 Å². The van der Waals surface area contributed by atoms with Crippen LogP contribution < -0.4 is 4.74 Å². The fraction of sp³-hybridized carbons (Fsp3) is 0.455. The third-order valence-corrected chi connectivity index (χ3v) is 6.64. The topological polar surface area (TPSA) is 41.0 Å². The van der Waals surface area contributed by atoms with E-state index in [9.17, 15) is 0 Å². The maximum Gasteiger partial charge on any atom is 0.200 e. The molecule has 2 aromatic rings. The lowest BCUT2D eigenvalue weighted by atomic mass is 9.91. The van der Waals surface area contributed by atoms with Gasteiger partial charge in [-0.1, -0.05) is 22.9 Å². The van der Waals surface area contributed by atoms with E-state index in [0.29, 0.717) is 0 Å². The Hall–Kier alpha value is -1.92. The molecule has 4 heterocycles. The van der Waals surface area contributed by atoms with Crippen LogP contribution in [0.5, 0.6) is 5.75 Å². The number of hydrazone groups is 1. The Bertz CT molecular complexity index is 893. The molecule has 3 aliphatic rings. The van der Waals surface area contributed by atoms with Gasteiger partial charge in [0.1, 0.15) is 5.75 Å². The number of fused-ring (bicyclic) bond motifs is 4. The number of ether oxygens (including phenoxy) is 1. The van der Waals surface area contributed by atoms with Crippen LogP contribution in [0, 0.1) is 0 Å². The second-order valence-electron chi connectivity index (χ2n) is 7.92. The van der Waals surface area contributed by atoms with Crippen molar-refractivity contribution >= 4 is 21.6 Å². The van der Waals surface area contributed by atoms with Gasteiger partial charge in [0, 0.05) is 60.3 Å². The summed E-state index contributed by atoms with van der Waals surface area (Å²) in [6, 6.07) is 10.7. The molecule has 0 N–H and O–H groups in total. The Morgan fingerprint density at radius 2 is 1.96 bits per heavy atom. The molecule has 1 spiro atoms. The minimum absolute atomic E-state index is 0.224. The van der Waals surface area contributed by atoms with Gasteiger partial charge in [0.25, 0.3) is 0 Å². The highest BCUT2D eigenvalue weighted by Crippen LogP contribution is 2.50. The Morgan fingerprint density at radius 1 is 1.18 bits per heavy atom. The van der Waals surface area contributed by atoms with E-state index in [2.05, 4.69) is 68.1 Å². The smallest absolute Gasteiger partial charge is 0.200 e. The van der Waals surface area contributed by atoms with Crippen LogP contribution >= 0.6 is 15.9 Å². The summed E-state index contributed by atoms with van der Waals surface area (Å²) in [4.78, 5) is 6.71. The summed E-state index contributed by atoms with van der Waals surface area (Å²) < 4.78 is 7.78. The molecule has 0 aliphatic carbocycles. The Morgan fingerprint density at radius 3 is 2.71 bits per heavy atom. The molecular weight excluding hydrogens is 416 g/mol. The van der Waals surface area contributed by atoms with E-state index < -0.39 is 0 Å². The molecule has 1 aromatic heterocycles. The van der Waals surface area contributed by atoms with Crippen LogP contribution in [0.1, 0.15) is 49.8 Å². The van der Waals surface area contributed by atoms with Crippen LogP contribution in [0.3, 0.4) is 0 Å². The van der Waals surface area contributed by atoms with Crippen molar-refractivity contribution in [3.63, 3.8) is 0 Å². The van der Waals surface area contributed by atoms with Crippen LogP contribution in [0.15, 0.2) is 52.3 Å². The molecule has 1 fully saturated rings. The number of nitrogens with zero attached hydrogens (tertiary/aromatic N) is 4. The third-order valence-electron chi connectivity index (χ3n) is 6.15. The summed E-state index contributed by atoms with van der Waals surface area (Å²) >= 11 is 3.63. The maximum atomic E-state index is 6.70. The molecule has 0 radical (unpaired) electrons. The number of hydrogen-bond acceptors (Lipinski definition) is 5. The van der Waals surface area contributed by atoms with Gasteiger partial charge in [-0.3, -0.25) is 4.98 Å². The predicted octanol–water partition coefficient (Wildman–Crippen LogP) is 4.59. The van der Waals surface area contributed by atoms with Gasteiger partial charge in [-0.05, 0) is 43.3 Å². The molecule has 6 heteroatoms. The lowest BCUT2D eigenvalue weighted by molar-refractivity contribution is -0.149. The predicted molar refractivity (Wildman–Crippen MR) is 113 cm³/mol. The average molecular weight is 441 g/mol. The van der Waals surface area contributed by atoms with Gasteiger partial charge >= 0.3 is 0 Å². The van der Waals surface area contributed by atoms with E-state index in [-0.39, 0.29) is 11.8 Å². The van der Waals surface area contributed by atoms with Crippen LogP contribution in [0.25, 0.3) is 0 Å². The first kappa shape index (κ1) is 18.1. The van der Waals surface area contributed by atoms with Crippen molar-refractivity contribution in [3.05, 3.63) is 58.3 Å². The highest BCUT2D eigenvalue weighted by molar-refractivity contribution is 9.10. The van der Waals surface area contributed by atoms with Crippen LogP contribution in [-0.2, 0) is 0 Å². The quantitative estimate of drug-likeness (QED) is 0.699. The number of benzene rings is 1. The van der Waals surface area contributed by atoms with Gasteiger partial charge in [-0.15, -0.1) is 0 Å². The molecule has 0 saturated carbocycles. The van der Waals surface area contributed by atoms with E-state index in [1.54, 1.807) is 0 Å². The summed E-state index contributed by atoms with van der Waals surface area (Å²) in [6.45, 7) is 5.53. The second kappa shape index (κ2) is 7.16. The first-order chi connectivity index (χ1) is 13.7. The molecule has 1 atom stereocenters. The van der Waals surface area contributed by atoms with Crippen molar-refractivity contribution < 1.29 is 4.74 Å². The number of piperidine rings is 1. The molecule has 3 aliphatic heterocycles. The third kappa shape index (κ3) is 3.03. The second-order valence-corrected chi connectivity index (χ2v) is 8.83. The number of aromatic nitrogens is 1. The van der Waals surface area contributed by atoms with Crippen molar-refractivity contribution in [1.29, 1.82) is 0 Å². The molecule has 1 aromatic carbocycles. The number of likely N-dealkylation sites (tertiary alicyclic amines) is 1. The van der Waals surface area contributed by atoms with Gasteiger partial charge in [-0.25, -0.2) is 5.01 Å². The summed E-state index contributed by atoms with van der Waals surface area (Å²) in [6.07, 6.45) is 7.74. The monoisotopic (exact) mass is 440 g/mol. The van der Waals surface area contributed by atoms with Crippen molar-refractivity contribution in [2.75, 3.05) is 19.6 Å². The zero-order chi connectivity index (χ0) is 19.1. The zero-order valence-electron chi connectivity index (χ0n) is 16.1. The highest BCUT2D eigenvalue weighted by atomic mass is 79.9. The largest absolute Gasteiger partial charge is 0.466 e. The molecule has 0 bridgehead atoms. The highest BCUT2D eigenvalue weighted by Gasteiger charge is 2.51. The summed E-state index contributed by atoms with van der Waals surface area (Å²) in [5.74, 6) is 1.01. The van der Waals surface area contributed by atoms with Crippen molar-refractivity contribution in [2.45, 2.75) is 44.4 Å². The fourth-order valence-electron chi connectivity index (χ4n) is 4.74. The van der Waals surface area contributed by atoms with E-state index in [1.807, 2.05) is 12.4 Å². The normalized spacial score (nSPS) is 23.1. The lowest BCUT2D eigenvalue weighted by Gasteiger charge is -2.51. The molecule has 5 rings (SSSR count). The van der Waals surface area contributed by atoms with E-state index in [0.717, 1.165) is 60.4 Å². The number of hydrogen-bond donors (Lipinski definition) is 0.